The van der Waals surface area contributed by atoms with Crippen molar-refractivity contribution < 1.29 is 37.5 Å². The van der Waals surface area contributed by atoms with Gasteiger partial charge in [-0.1, -0.05) is 51.1 Å². The highest BCUT2D eigenvalue weighted by Crippen LogP contribution is 2.51. The van der Waals surface area contributed by atoms with Crippen LogP contribution in [-0.4, -0.2) is 62.0 Å². The van der Waals surface area contributed by atoms with Crippen LogP contribution in [0.1, 0.15) is 62.3 Å². The second kappa shape index (κ2) is 9.96. The smallest absolute Gasteiger partial charge is 0.265 e. The molecule has 0 spiro atoms. The predicted octanol–water partition coefficient (Wildman–Crippen LogP) is 3.92. The van der Waals surface area contributed by atoms with Crippen molar-refractivity contribution in [2.45, 2.75) is 95.3 Å². The van der Waals surface area contributed by atoms with Crippen LogP contribution >= 0.6 is 0 Å². The van der Waals surface area contributed by atoms with Gasteiger partial charge in [0.15, 0.2) is 32.3 Å². The molecule has 2 aliphatic heterocycles. The molecule has 1 aromatic heterocycles. The molecule has 2 aromatic rings. The Morgan fingerprint density at radius 1 is 1.05 bits per heavy atom. The minimum atomic E-state index is -2.55. The lowest BCUT2D eigenvalue weighted by atomic mass is 9.72. The molecule has 2 fully saturated rings. The molecule has 1 aromatic carbocycles. The molecule has 0 bridgehead atoms. The number of carbonyl (C=O) groups excluding carboxylic acids is 2. The van der Waals surface area contributed by atoms with E-state index in [4.69, 9.17) is 27.9 Å². The van der Waals surface area contributed by atoms with Crippen molar-refractivity contribution in [1.82, 2.24) is 10.5 Å². The van der Waals surface area contributed by atoms with Crippen LogP contribution < -0.4 is 10.1 Å². The molecule has 0 amide bonds. The number of nitrogens with zero attached hydrogens (tertiary/aromatic N) is 1. The van der Waals surface area contributed by atoms with Crippen LogP contribution in [0.3, 0.4) is 0 Å². The average Bonchev–Trinajstić information content (AvgIpc) is 3.48. The molecule has 0 radical (unpaired) electrons. The van der Waals surface area contributed by atoms with Crippen molar-refractivity contribution >= 4 is 19.9 Å². The van der Waals surface area contributed by atoms with E-state index in [-0.39, 0.29) is 23.8 Å². The van der Waals surface area contributed by atoms with E-state index in [9.17, 15) is 9.59 Å². The van der Waals surface area contributed by atoms with Gasteiger partial charge in [0.25, 0.3) is 5.88 Å². The minimum Gasteiger partial charge on any atom is -0.470 e. The van der Waals surface area contributed by atoms with E-state index in [0.717, 1.165) is 23.7 Å². The van der Waals surface area contributed by atoms with Crippen LogP contribution in [0.4, 0.5) is 0 Å². The second-order valence-corrected chi connectivity index (χ2v) is 15.2. The van der Waals surface area contributed by atoms with Gasteiger partial charge in [-0.2, -0.15) is 0 Å². The SMILES string of the molecule is CC[Si](CC)(CC)O[C@@]12C(=O)c3c(OCc4ccccc4)noc3[C@@H](NC)[C@@H]1O[C@H]1OC(C)(C)O[C@H]1C2=O. The largest absolute Gasteiger partial charge is 0.470 e. The summed E-state index contributed by atoms with van der Waals surface area (Å²) in [6, 6.07) is 11.0. The van der Waals surface area contributed by atoms with Crippen LogP contribution in [0.25, 0.3) is 0 Å². The summed E-state index contributed by atoms with van der Waals surface area (Å²) in [5.74, 6) is -1.87. The Morgan fingerprint density at radius 2 is 1.74 bits per heavy atom. The van der Waals surface area contributed by atoms with Crippen molar-refractivity contribution in [3.8, 4) is 5.88 Å². The molecule has 11 heteroatoms. The lowest BCUT2D eigenvalue weighted by Gasteiger charge is -2.51. The van der Waals surface area contributed by atoms with Gasteiger partial charge in [-0.25, -0.2) is 0 Å². The van der Waals surface area contributed by atoms with E-state index in [1.54, 1.807) is 20.9 Å². The number of likely N-dealkylation sites (N-methyl/N-ethyl adjacent to an activating group) is 1. The van der Waals surface area contributed by atoms with Crippen LogP contribution in [0.5, 0.6) is 5.88 Å². The second-order valence-electron chi connectivity index (χ2n) is 10.5. The third-order valence-electron chi connectivity index (χ3n) is 8.04. The fourth-order valence-electron chi connectivity index (χ4n) is 5.75. The highest BCUT2D eigenvalue weighted by atomic mass is 28.4. The van der Waals surface area contributed by atoms with Crippen LogP contribution in [0, 0.1) is 0 Å². The van der Waals surface area contributed by atoms with Gasteiger partial charge in [-0.3, -0.25) is 9.59 Å². The van der Waals surface area contributed by atoms with Crippen molar-refractivity contribution in [2.24, 2.45) is 0 Å². The maximum absolute atomic E-state index is 14.6. The number of hydrogen-bond acceptors (Lipinski definition) is 10. The number of aromatic nitrogens is 1. The van der Waals surface area contributed by atoms with Gasteiger partial charge in [0.05, 0.1) is 6.04 Å². The number of carbonyl (C=O) groups is 2. The average molecular weight is 545 g/mol. The third kappa shape index (κ3) is 4.16. The molecule has 10 nitrogen and oxygen atoms in total. The van der Waals surface area contributed by atoms with E-state index in [0.29, 0.717) is 0 Å². The van der Waals surface area contributed by atoms with E-state index in [1.165, 1.54) is 0 Å². The van der Waals surface area contributed by atoms with Gasteiger partial charge in [0, 0.05) is 0 Å². The summed E-state index contributed by atoms with van der Waals surface area (Å²) < 4.78 is 36.8. The van der Waals surface area contributed by atoms with Crippen molar-refractivity contribution in [2.75, 3.05) is 7.05 Å². The number of hydrogen-bond donors (Lipinski definition) is 1. The predicted molar refractivity (Wildman–Crippen MR) is 138 cm³/mol. The van der Waals surface area contributed by atoms with Gasteiger partial charge < -0.3 is 33.2 Å². The fourth-order valence-corrected chi connectivity index (χ4v) is 8.68. The molecule has 38 heavy (non-hydrogen) atoms. The Bertz CT molecular complexity index is 1190. The summed E-state index contributed by atoms with van der Waals surface area (Å²) in [4.78, 5) is 29.0. The molecule has 3 aliphatic rings. The minimum absolute atomic E-state index is 0.0196. The maximum Gasteiger partial charge on any atom is 0.265 e. The number of fused-ring (bicyclic) bond motifs is 3. The first-order chi connectivity index (χ1) is 18.1. The summed E-state index contributed by atoms with van der Waals surface area (Å²) in [5, 5.41) is 7.27. The molecular formula is C27H36N2O8Si. The Hall–Kier alpha value is -2.41. The number of benzene rings is 1. The number of nitrogens with one attached hydrogen (secondary N) is 1. The Balaban J connectivity index is 1.63. The molecular weight excluding hydrogens is 508 g/mol. The summed E-state index contributed by atoms with van der Waals surface area (Å²) in [5.41, 5.74) is -0.970. The summed E-state index contributed by atoms with van der Waals surface area (Å²) in [7, 11) is -0.845. The van der Waals surface area contributed by atoms with Gasteiger partial charge in [-0.15, -0.1) is 0 Å². The van der Waals surface area contributed by atoms with Gasteiger partial charge in [0.1, 0.15) is 18.3 Å². The summed E-state index contributed by atoms with van der Waals surface area (Å²) >= 11 is 0. The summed E-state index contributed by atoms with van der Waals surface area (Å²) in [6.45, 7) is 9.73. The molecule has 3 heterocycles. The standard InChI is InChI=1S/C27H36N2O8Si/c1-7-38(8-2,9-3)37-27-21(30)17-19(36-29-24(17)32-15-16-13-11-10-12-14-16)18(28-6)23(27)33-25-20(22(27)31)34-26(4,5)35-25/h10-14,18,20,23,25,28H,7-9,15H2,1-6H3/t18-,20+,23+,25+,27-/m1/s1. The topological polar surface area (TPSA) is 118 Å². The van der Waals surface area contributed by atoms with E-state index >= 15 is 0 Å². The molecule has 0 unspecified atom stereocenters. The Morgan fingerprint density at radius 3 is 2.37 bits per heavy atom. The number of ether oxygens (including phenoxy) is 4. The molecule has 2 saturated heterocycles. The number of rotatable bonds is 9. The molecule has 5 atom stereocenters. The first-order valence-corrected chi connectivity index (χ1v) is 15.8. The van der Waals surface area contributed by atoms with Crippen LogP contribution in [0.2, 0.25) is 18.1 Å². The molecule has 0 saturated carbocycles. The van der Waals surface area contributed by atoms with E-state index in [1.807, 2.05) is 51.1 Å². The molecule has 1 aliphatic carbocycles. The Labute approximate surface area is 223 Å². The van der Waals surface area contributed by atoms with Crippen LogP contribution in [-0.2, 0) is 30.0 Å². The molecule has 1 N–H and O–H groups in total. The van der Waals surface area contributed by atoms with Gasteiger partial charge in [-0.05, 0) is 49.7 Å². The van der Waals surface area contributed by atoms with E-state index in [2.05, 4.69) is 10.5 Å². The highest BCUT2D eigenvalue weighted by molar-refractivity contribution is 6.74. The zero-order valence-electron chi connectivity index (χ0n) is 22.7. The quantitative estimate of drug-likeness (QED) is 0.368. The molecule has 5 rings (SSSR count). The van der Waals surface area contributed by atoms with E-state index < -0.39 is 55.8 Å². The zero-order valence-corrected chi connectivity index (χ0v) is 23.7. The van der Waals surface area contributed by atoms with Crippen molar-refractivity contribution in [3.63, 3.8) is 0 Å². The first kappa shape index (κ1) is 27.2. The first-order valence-electron chi connectivity index (χ1n) is 13.3. The zero-order chi connectivity index (χ0) is 27.3. The monoisotopic (exact) mass is 544 g/mol. The van der Waals surface area contributed by atoms with Gasteiger partial charge in [0.2, 0.25) is 17.2 Å². The number of ketones is 2. The lowest BCUT2D eigenvalue weighted by Crippen LogP contribution is -2.74. The Kier molecular flexibility index (Phi) is 7.12. The molecule has 206 valence electrons. The third-order valence-corrected chi connectivity index (χ3v) is 12.7. The van der Waals surface area contributed by atoms with Crippen molar-refractivity contribution in [1.29, 1.82) is 0 Å². The van der Waals surface area contributed by atoms with Gasteiger partial charge >= 0.3 is 0 Å². The summed E-state index contributed by atoms with van der Waals surface area (Å²) in [6.07, 6.45) is -3.15. The fraction of sp³-hybridized carbons (Fsp3) is 0.593. The highest BCUT2D eigenvalue weighted by Gasteiger charge is 2.72. The maximum atomic E-state index is 14.6. The normalized spacial score (nSPS) is 30.1. The van der Waals surface area contributed by atoms with Crippen LogP contribution in [0.15, 0.2) is 34.9 Å². The number of Topliss-reactive ketones (excluding diaryl/α,β-unsaturated/α-hetero) is 2. The van der Waals surface area contributed by atoms with Crippen molar-refractivity contribution in [3.05, 3.63) is 47.2 Å². The lowest BCUT2D eigenvalue weighted by molar-refractivity contribution is -0.239.